The van der Waals surface area contributed by atoms with Gasteiger partial charge in [0.2, 0.25) is 0 Å². The van der Waals surface area contributed by atoms with Crippen molar-refractivity contribution in [2.24, 2.45) is 0 Å². The van der Waals surface area contributed by atoms with Crippen molar-refractivity contribution in [2.75, 3.05) is 17.8 Å². The van der Waals surface area contributed by atoms with Gasteiger partial charge in [-0.25, -0.2) is 0 Å². The largest absolute Gasteiger partial charge is 0.610 e. The van der Waals surface area contributed by atoms with Gasteiger partial charge >= 0.3 is 0 Å². The minimum atomic E-state index is -0.802. The molecule has 0 spiro atoms. The summed E-state index contributed by atoms with van der Waals surface area (Å²) in [5.41, 5.74) is 1.10. The van der Waals surface area contributed by atoms with E-state index in [1.54, 1.807) is 0 Å². The highest BCUT2D eigenvalue weighted by molar-refractivity contribution is 7.92. The van der Waals surface area contributed by atoms with Crippen LogP contribution in [0.25, 0.3) is 0 Å². The van der Waals surface area contributed by atoms with Gasteiger partial charge in [0.05, 0.1) is 5.69 Å². The van der Waals surface area contributed by atoms with Crippen LogP contribution in [0.3, 0.4) is 0 Å². The SMILES string of the molecule is CN1C[S+]([O-])c2ccccc21. The quantitative estimate of drug-likeness (QED) is 0.543. The second-order valence-corrected chi connectivity index (χ2v) is 4.03. The molecule has 0 saturated heterocycles. The average molecular weight is 167 g/mol. The van der Waals surface area contributed by atoms with Crippen LogP contribution in [-0.2, 0) is 11.2 Å². The second-order valence-electron chi connectivity index (χ2n) is 2.64. The molecule has 0 fully saturated rings. The zero-order chi connectivity index (χ0) is 7.84. The topological polar surface area (TPSA) is 26.3 Å². The van der Waals surface area contributed by atoms with Gasteiger partial charge in [-0.05, 0) is 12.1 Å². The normalized spacial score (nSPS) is 22.0. The lowest BCUT2D eigenvalue weighted by atomic mass is 10.3. The van der Waals surface area contributed by atoms with E-state index in [9.17, 15) is 4.55 Å². The first-order chi connectivity index (χ1) is 5.29. The predicted molar refractivity (Wildman–Crippen MR) is 46.1 cm³/mol. The lowest BCUT2D eigenvalue weighted by molar-refractivity contribution is 0.598. The van der Waals surface area contributed by atoms with Crippen LogP contribution in [0.15, 0.2) is 29.2 Å². The fraction of sp³-hybridized carbons (Fsp3) is 0.250. The molecule has 3 heteroatoms. The van der Waals surface area contributed by atoms with Crippen LogP contribution < -0.4 is 4.90 Å². The number of hydrogen-bond acceptors (Lipinski definition) is 2. The second kappa shape index (κ2) is 2.43. The summed E-state index contributed by atoms with van der Waals surface area (Å²) in [4.78, 5) is 2.99. The number of benzene rings is 1. The van der Waals surface area contributed by atoms with E-state index in [2.05, 4.69) is 0 Å². The van der Waals surface area contributed by atoms with Crippen LogP contribution in [-0.4, -0.2) is 17.5 Å². The van der Waals surface area contributed by atoms with E-state index < -0.39 is 11.2 Å². The van der Waals surface area contributed by atoms with Crippen molar-refractivity contribution < 1.29 is 4.55 Å². The first-order valence-electron chi connectivity index (χ1n) is 3.47. The maximum atomic E-state index is 11.3. The molecule has 2 nitrogen and oxygen atoms in total. The van der Waals surface area contributed by atoms with Gasteiger partial charge in [-0.3, -0.25) is 0 Å². The van der Waals surface area contributed by atoms with E-state index in [0.29, 0.717) is 5.88 Å². The van der Waals surface area contributed by atoms with E-state index >= 15 is 0 Å². The summed E-state index contributed by atoms with van der Waals surface area (Å²) in [5.74, 6) is 0.638. The molecule has 1 aliphatic rings. The summed E-state index contributed by atoms with van der Waals surface area (Å²) in [6.45, 7) is 0. The average Bonchev–Trinajstić information content (AvgIpc) is 2.30. The van der Waals surface area contributed by atoms with Crippen LogP contribution in [0.2, 0.25) is 0 Å². The minimum Gasteiger partial charge on any atom is -0.610 e. The summed E-state index contributed by atoms with van der Waals surface area (Å²) in [5, 5.41) is 0. The first-order valence-corrected chi connectivity index (χ1v) is 4.79. The molecule has 1 heterocycles. The maximum Gasteiger partial charge on any atom is 0.183 e. The number of para-hydroxylation sites is 1. The van der Waals surface area contributed by atoms with Gasteiger partial charge in [-0.1, -0.05) is 12.1 Å². The molecule has 2 rings (SSSR count). The highest BCUT2D eigenvalue weighted by Crippen LogP contribution is 2.31. The van der Waals surface area contributed by atoms with Gasteiger partial charge in [0.1, 0.15) is 0 Å². The molecule has 1 atom stereocenters. The fourth-order valence-corrected chi connectivity index (χ4v) is 2.60. The minimum absolute atomic E-state index is 0.638. The Morgan fingerprint density at radius 3 is 2.91 bits per heavy atom. The first kappa shape index (κ1) is 7.00. The molecular formula is C8H9NOS. The molecule has 0 radical (unpaired) electrons. The van der Waals surface area contributed by atoms with Gasteiger partial charge in [0.15, 0.2) is 10.8 Å². The van der Waals surface area contributed by atoms with E-state index in [1.807, 2.05) is 36.2 Å². The summed E-state index contributed by atoms with van der Waals surface area (Å²) < 4.78 is 11.3. The lowest BCUT2D eigenvalue weighted by Gasteiger charge is -2.05. The number of anilines is 1. The lowest BCUT2D eigenvalue weighted by Crippen LogP contribution is -2.16. The van der Waals surface area contributed by atoms with Gasteiger partial charge in [-0.15, -0.1) is 0 Å². The Balaban J connectivity index is 2.52. The molecule has 0 aromatic heterocycles. The van der Waals surface area contributed by atoms with Crippen molar-refractivity contribution >= 4 is 16.9 Å². The molecule has 0 N–H and O–H groups in total. The Morgan fingerprint density at radius 1 is 1.45 bits per heavy atom. The van der Waals surface area contributed by atoms with Crippen molar-refractivity contribution in [3.8, 4) is 0 Å². The standard InChI is InChI=1S/C8H9NOS/c1-9-6-11(10)8-5-3-2-4-7(8)9/h2-5H,6H2,1H3. The summed E-state index contributed by atoms with van der Waals surface area (Å²) in [6, 6.07) is 7.82. The third-order valence-corrected chi connectivity index (χ3v) is 3.29. The highest BCUT2D eigenvalue weighted by atomic mass is 32.2. The van der Waals surface area contributed by atoms with E-state index in [-0.39, 0.29) is 0 Å². The molecule has 0 amide bonds. The van der Waals surface area contributed by atoms with E-state index in [0.717, 1.165) is 10.6 Å². The molecule has 0 saturated carbocycles. The van der Waals surface area contributed by atoms with Gasteiger partial charge in [-0.2, -0.15) is 0 Å². The van der Waals surface area contributed by atoms with E-state index in [4.69, 9.17) is 0 Å². The molecule has 1 unspecified atom stereocenters. The molecule has 0 aliphatic carbocycles. The van der Waals surface area contributed by atoms with Gasteiger partial charge in [0.25, 0.3) is 0 Å². The van der Waals surface area contributed by atoms with Gasteiger partial charge in [0, 0.05) is 18.2 Å². The molecule has 1 aliphatic heterocycles. The zero-order valence-electron chi connectivity index (χ0n) is 6.28. The Labute approximate surface area is 69.0 Å². The predicted octanol–water partition coefficient (Wildman–Crippen LogP) is 1.20. The Hall–Kier alpha value is -0.670. The molecule has 1 aromatic rings. The van der Waals surface area contributed by atoms with Crippen molar-refractivity contribution in [3.63, 3.8) is 0 Å². The van der Waals surface area contributed by atoms with Crippen molar-refractivity contribution in [1.82, 2.24) is 0 Å². The third-order valence-electron chi connectivity index (χ3n) is 1.83. The zero-order valence-corrected chi connectivity index (χ0v) is 7.10. The summed E-state index contributed by atoms with van der Waals surface area (Å²) in [7, 11) is 1.96. The van der Waals surface area contributed by atoms with E-state index in [1.165, 1.54) is 0 Å². The highest BCUT2D eigenvalue weighted by Gasteiger charge is 2.27. The van der Waals surface area contributed by atoms with Crippen LogP contribution in [0.5, 0.6) is 0 Å². The van der Waals surface area contributed by atoms with Crippen molar-refractivity contribution in [1.29, 1.82) is 0 Å². The Bertz CT molecular complexity index is 250. The van der Waals surface area contributed by atoms with Crippen LogP contribution >= 0.6 is 0 Å². The number of hydrogen-bond donors (Lipinski definition) is 0. The number of fused-ring (bicyclic) bond motifs is 1. The molecule has 11 heavy (non-hydrogen) atoms. The molecule has 58 valence electrons. The molecular weight excluding hydrogens is 158 g/mol. The molecule has 1 aromatic carbocycles. The van der Waals surface area contributed by atoms with Crippen LogP contribution in [0.1, 0.15) is 0 Å². The summed E-state index contributed by atoms with van der Waals surface area (Å²) >= 11 is -0.802. The smallest absolute Gasteiger partial charge is 0.183 e. The molecule has 0 bridgehead atoms. The Kier molecular flexibility index (Phi) is 1.55. The van der Waals surface area contributed by atoms with Crippen LogP contribution in [0.4, 0.5) is 5.69 Å². The van der Waals surface area contributed by atoms with Gasteiger partial charge < -0.3 is 9.45 Å². The number of rotatable bonds is 0. The monoisotopic (exact) mass is 167 g/mol. The Morgan fingerprint density at radius 2 is 2.18 bits per heavy atom. The van der Waals surface area contributed by atoms with Crippen LogP contribution in [0, 0.1) is 0 Å². The maximum absolute atomic E-state index is 11.3. The third kappa shape index (κ3) is 1.01. The summed E-state index contributed by atoms with van der Waals surface area (Å²) in [6.07, 6.45) is 0. The fourth-order valence-electron chi connectivity index (χ4n) is 1.28. The van der Waals surface area contributed by atoms with Crippen molar-refractivity contribution in [2.45, 2.75) is 4.90 Å². The number of nitrogens with zero attached hydrogens (tertiary/aromatic N) is 1. The van der Waals surface area contributed by atoms with Crippen molar-refractivity contribution in [3.05, 3.63) is 24.3 Å².